The average molecular weight is 566 g/mol. The molecule has 0 amide bonds. The highest BCUT2D eigenvalue weighted by atomic mass is 127. The number of nitrogens with one attached hydrogen (secondary N) is 2. The summed E-state index contributed by atoms with van der Waals surface area (Å²) in [5, 5.41) is 6.52. The molecule has 178 valence electrons. The van der Waals surface area contributed by atoms with E-state index in [0.717, 1.165) is 16.9 Å². The monoisotopic (exact) mass is 566 g/mol. The first-order valence-corrected chi connectivity index (χ1v) is 9.75. The van der Waals surface area contributed by atoms with Gasteiger partial charge in [0, 0.05) is 20.1 Å². The molecule has 0 aliphatic carbocycles. The molecular formula is C22H30F3IN4O2. The van der Waals surface area contributed by atoms with Crippen LogP contribution in [0, 0.1) is 0 Å². The Kier molecular flexibility index (Phi) is 11.6. The van der Waals surface area contributed by atoms with Crippen molar-refractivity contribution in [3.8, 4) is 11.5 Å². The third-order valence-corrected chi connectivity index (χ3v) is 4.60. The largest absolute Gasteiger partial charge is 0.497 e. The zero-order chi connectivity index (χ0) is 22.9. The molecule has 0 spiro atoms. The molecule has 0 bridgehead atoms. The fourth-order valence-corrected chi connectivity index (χ4v) is 2.89. The first-order chi connectivity index (χ1) is 14.7. The molecule has 0 saturated heterocycles. The maximum atomic E-state index is 12.2. The highest BCUT2D eigenvalue weighted by molar-refractivity contribution is 14.0. The topological polar surface area (TPSA) is 58.1 Å². The summed E-state index contributed by atoms with van der Waals surface area (Å²) >= 11 is 0. The molecule has 10 heteroatoms. The number of hydrogen-bond acceptors (Lipinski definition) is 4. The molecule has 0 heterocycles. The molecule has 0 aromatic heterocycles. The van der Waals surface area contributed by atoms with Crippen molar-refractivity contribution in [3.05, 3.63) is 59.7 Å². The van der Waals surface area contributed by atoms with Crippen molar-refractivity contribution >= 4 is 29.9 Å². The van der Waals surface area contributed by atoms with E-state index in [4.69, 9.17) is 9.47 Å². The van der Waals surface area contributed by atoms with E-state index in [9.17, 15) is 13.2 Å². The van der Waals surface area contributed by atoms with E-state index in [2.05, 4.69) is 20.5 Å². The maximum absolute atomic E-state index is 12.2. The van der Waals surface area contributed by atoms with Crippen molar-refractivity contribution < 1.29 is 22.6 Å². The normalized spacial score (nSPS) is 12.7. The molecule has 0 saturated carbocycles. The molecular weight excluding hydrogens is 536 g/mol. The summed E-state index contributed by atoms with van der Waals surface area (Å²) < 4.78 is 46.6. The van der Waals surface area contributed by atoms with Crippen molar-refractivity contribution in [2.75, 3.05) is 41.4 Å². The molecule has 2 aromatic carbocycles. The van der Waals surface area contributed by atoms with Gasteiger partial charge in [-0.1, -0.05) is 24.3 Å². The Morgan fingerprint density at radius 3 is 2.09 bits per heavy atom. The number of guanidine groups is 1. The Morgan fingerprint density at radius 1 is 1.00 bits per heavy atom. The molecule has 0 aliphatic heterocycles. The molecule has 6 nitrogen and oxygen atoms in total. The van der Waals surface area contributed by atoms with Crippen molar-refractivity contribution in [2.24, 2.45) is 4.99 Å². The van der Waals surface area contributed by atoms with Gasteiger partial charge in [-0.05, 0) is 49.5 Å². The lowest BCUT2D eigenvalue weighted by Gasteiger charge is -2.26. The summed E-state index contributed by atoms with van der Waals surface area (Å²) in [6.07, 6.45) is -4.35. The smallest absolute Gasteiger partial charge is 0.422 e. The Bertz CT molecular complexity index is 829. The summed E-state index contributed by atoms with van der Waals surface area (Å²) in [5.74, 6) is 1.61. The first kappa shape index (κ1) is 27.8. The molecule has 2 aromatic rings. The summed E-state index contributed by atoms with van der Waals surface area (Å²) in [5.41, 5.74) is 2.03. The molecule has 0 aliphatic rings. The van der Waals surface area contributed by atoms with Crippen molar-refractivity contribution in [1.82, 2.24) is 15.5 Å². The fourth-order valence-electron chi connectivity index (χ4n) is 2.89. The van der Waals surface area contributed by atoms with Crippen LogP contribution in [-0.4, -0.2) is 58.4 Å². The van der Waals surface area contributed by atoms with Crippen LogP contribution < -0.4 is 20.1 Å². The lowest BCUT2D eigenvalue weighted by atomic mass is 10.1. The predicted molar refractivity (Wildman–Crippen MR) is 131 cm³/mol. The Morgan fingerprint density at radius 2 is 1.59 bits per heavy atom. The second-order valence-corrected chi connectivity index (χ2v) is 7.11. The van der Waals surface area contributed by atoms with Crippen LogP contribution in [0.5, 0.6) is 11.5 Å². The summed E-state index contributed by atoms with van der Waals surface area (Å²) in [6.45, 7) is -0.208. The molecule has 0 radical (unpaired) electrons. The molecule has 32 heavy (non-hydrogen) atoms. The molecule has 0 fully saturated rings. The van der Waals surface area contributed by atoms with Crippen LogP contribution >= 0.6 is 24.0 Å². The van der Waals surface area contributed by atoms with E-state index in [1.165, 1.54) is 12.1 Å². The van der Waals surface area contributed by atoms with Crippen LogP contribution in [0.25, 0.3) is 0 Å². The quantitative estimate of drug-likeness (QED) is 0.271. The van der Waals surface area contributed by atoms with Crippen LogP contribution in [0.4, 0.5) is 13.2 Å². The Balaban J connectivity index is 0.00000512. The summed E-state index contributed by atoms with van der Waals surface area (Å²) in [4.78, 5) is 6.35. The maximum Gasteiger partial charge on any atom is 0.422 e. The van der Waals surface area contributed by atoms with Gasteiger partial charge in [0.05, 0.1) is 13.2 Å². The van der Waals surface area contributed by atoms with E-state index in [1.54, 1.807) is 26.3 Å². The van der Waals surface area contributed by atoms with Crippen LogP contribution in [0.1, 0.15) is 17.2 Å². The average Bonchev–Trinajstić information content (AvgIpc) is 2.75. The highest BCUT2D eigenvalue weighted by Gasteiger charge is 2.28. The lowest BCUT2D eigenvalue weighted by molar-refractivity contribution is -0.153. The Labute approximate surface area is 204 Å². The number of methoxy groups -OCH3 is 1. The van der Waals surface area contributed by atoms with Crippen molar-refractivity contribution in [3.63, 3.8) is 0 Å². The van der Waals surface area contributed by atoms with Gasteiger partial charge >= 0.3 is 6.18 Å². The number of halogens is 4. The molecule has 2 N–H and O–H groups in total. The number of alkyl halides is 3. The van der Waals surface area contributed by atoms with Gasteiger partial charge in [0.2, 0.25) is 0 Å². The number of likely N-dealkylation sites (N-methyl/N-ethyl adjacent to an activating group) is 1. The highest BCUT2D eigenvalue weighted by Crippen LogP contribution is 2.21. The minimum atomic E-state index is -4.35. The summed E-state index contributed by atoms with van der Waals surface area (Å²) in [7, 11) is 7.34. The van der Waals surface area contributed by atoms with Gasteiger partial charge in [-0.25, -0.2) is 0 Å². The van der Waals surface area contributed by atoms with Gasteiger partial charge in [0.15, 0.2) is 12.6 Å². The minimum absolute atomic E-state index is 0. The standard InChI is InChI=1S/C22H29F3N4O2.HI/c1-26-21(27-13-16-5-9-19(10-6-16)31-15-22(23,24)25)28-14-20(29(2)3)17-7-11-18(30-4)12-8-17;/h5-12,20H,13-15H2,1-4H3,(H2,26,27,28);1H. The van der Waals surface area contributed by atoms with E-state index < -0.39 is 12.8 Å². The van der Waals surface area contributed by atoms with E-state index in [0.29, 0.717) is 19.0 Å². The predicted octanol–water partition coefficient (Wildman–Crippen LogP) is 4.22. The molecule has 1 atom stereocenters. The summed E-state index contributed by atoms with van der Waals surface area (Å²) in [6, 6.07) is 14.5. The van der Waals surface area contributed by atoms with Gasteiger partial charge in [0.25, 0.3) is 0 Å². The van der Waals surface area contributed by atoms with Crippen molar-refractivity contribution in [1.29, 1.82) is 0 Å². The fraction of sp³-hybridized carbons (Fsp3) is 0.409. The number of ether oxygens (including phenoxy) is 2. The Hall–Kier alpha value is -2.21. The van der Waals surface area contributed by atoms with Crippen LogP contribution in [0.15, 0.2) is 53.5 Å². The molecule has 2 rings (SSSR count). The lowest BCUT2D eigenvalue weighted by Crippen LogP contribution is -2.41. The second kappa shape index (κ2) is 13.4. The van der Waals surface area contributed by atoms with Gasteiger partial charge in [-0.15, -0.1) is 24.0 Å². The number of aliphatic imine (C=N–C) groups is 1. The number of benzene rings is 2. The third-order valence-electron chi connectivity index (χ3n) is 4.60. The van der Waals surface area contributed by atoms with Crippen LogP contribution in [-0.2, 0) is 6.54 Å². The molecule has 1 unspecified atom stereocenters. The van der Waals surface area contributed by atoms with Gasteiger partial charge in [0.1, 0.15) is 11.5 Å². The second-order valence-electron chi connectivity index (χ2n) is 7.11. The third kappa shape index (κ3) is 9.51. The van der Waals surface area contributed by atoms with Crippen LogP contribution in [0.2, 0.25) is 0 Å². The van der Waals surface area contributed by atoms with Gasteiger partial charge in [-0.3, -0.25) is 4.99 Å². The zero-order valence-corrected chi connectivity index (χ0v) is 20.9. The SMILES string of the molecule is CN=C(NCc1ccc(OCC(F)(F)F)cc1)NCC(c1ccc(OC)cc1)N(C)C.I. The number of rotatable bonds is 9. The van der Waals surface area contributed by atoms with E-state index in [-0.39, 0.29) is 35.8 Å². The van der Waals surface area contributed by atoms with Gasteiger partial charge in [-0.2, -0.15) is 13.2 Å². The van der Waals surface area contributed by atoms with Crippen molar-refractivity contribution in [2.45, 2.75) is 18.8 Å². The van der Waals surface area contributed by atoms with Crippen LogP contribution in [0.3, 0.4) is 0 Å². The van der Waals surface area contributed by atoms with E-state index in [1.807, 2.05) is 38.4 Å². The zero-order valence-electron chi connectivity index (χ0n) is 18.6. The number of hydrogen-bond donors (Lipinski definition) is 2. The first-order valence-electron chi connectivity index (χ1n) is 9.75. The number of nitrogens with zero attached hydrogens (tertiary/aromatic N) is 2. The minimum Gasteiger partial charge on any atom is -0.497 e. The van der Waals surface area contributed by atoms with E-state index >= 15 is 0 Å². The van der Waals surface area contributed by atoms with Gasteiger partial charge < -0.3 is 25.0 Å².